The summed E-state index contributed by atoms with van der Waals surface area (Å²) in [4.78, 5) is 26.0. The molecule has 1 aliphatic heterocycles. The van der Waals surface area contributed by atoms with E-state index in [9.17, 15) is 4.79 Å². The third-order valence-corrected chi connectivity index (χ3v) is 5.36. The maximum atomic E-state index is 12.0. The molecular formula is C22H35N7O2. The van der Waals surface area contributed by atoms with Crippen molar-refractivity contribution in [3.63, 3.8) is 0 Å². The number of guanidine groups is 1. The number of piperazine rings is 1. The molecule has 0 unspecified atom stereocenters. The molecule has 1 saturated heterocycles. The molecule has 31 heavy (non-hydrogen) atoms. The molecule has 0 saturated carbocycles. The predicted molar refractivity (Wildman–Crippen MR) is 123 cm³/mol. The summed E-state index contributed by atoms with van der Waals surface area (Å²) in [7, 11) is 1.63. The second kappa shape index (κ2) is 11.7. The average molecular weight is 430 g/mol. The van der Waals surface area contributed by atoms with Crippen molar-refractivity contribution in [2.45, 2.75) is 20.3 Å². The minimum atomic E-state index is 0.0498. The van der Waals surface area contributed by atoms with Gasteiger partial charge in [-0.25, -0.2) is 4.98 Å². The number of methoxy groups -OCH3 is 1. The molecule has 1 amide bonds. The number of amides is 1. The van der Waals surface area contributed by atoms with Crippen LogP contribution in [0.25, 0.3) is 5.65 Å². The Morgan fingerprint density at radius 3 is 2.77 bits per heavy atom. The van der Waals surface area contributed by atoms with Gasteiger partial charge in [-0.05, 0) is 25.5 Å². The smallest absolute Gasteiger partial charge is 0.234 e. The van der Waals surface area contributed by atoms with Crippen molar-refractivity contribution in [2.24, 2.45) is 4.99 Å². The lowest BCUT2D eigenvalue weighted by atomic mass is 10.3. The number of nitrogens with one attached hydrogen (secondary N) is 2. The molecule has 170 valence electrons. The van der Waals surface area contributed by atoms with E-state index in [1.165, 1.54) is 5.56 Å². The molecular weight excluding hydrogens is 394 g/mol. The number of carbonyl (C=O) groups excluding carboxylic acids is 1. The molecule has 0 bridgehead atoms. The lowest BCUT2D eigenvalue weighted by molar-refractivity contribution is -0.122. The first-order valence-corrected chi connectivity index (χ1v) is 11.0. The Morgan fingerprint density at radius 2 is 2.06 bits per heavy atom. The minimum absolute atomic E-state index is 0.0498. The Balaban J connectivity index is 1.49. The largest absolute Gasteiger partial charge is 0.383 e. The van der Waals surface area contributed by atoms with Crippen molar-refractivity contribution in [1.29, 1.82) is 0 Å². The van der Waals surface area contributed by atoms with Gasteiger partial charge < -0.3 is 24.7 Å². The molecule has 0 radical (unpaired) electrons. The Labute approximate surface area is 184 Å². The Morgan fingerprint density at radius 1 is 1.26 bits per heavy atom. The van der Waals surface area contributed by atoms with Gasteiger partial charge in [-0.2, -0.15) is 0 Å². The van der Waals surface area contributed by atoms with Crippen LogP contribution in [0.15, 0.2) is 29.5 Å². The predicted octanol–water partition coefficient (Wildman–Crippen LogP) is 0.531. The first-order chi connectivity index (χ1) is 15.1. The van der Waals surface area contributed by atoms with Gasteiger partial charge in [0.15, 0.2) is 5.96 Å². The molecule has 0 spiro atoms. The standard InChI is InChI=1S/C22H35N7O2/c1-4-23-22(25-8-7-19-16-29-10-5-6-18(2)21(29)26-19)28-13-11-27(12-14-28)17-20(30)24-9-15-31-3/h5-6,10,16H,4,7-9,11-15,17H2,1-3H3,(H,23,25)(H,24,30). The molecule has 0 aliphatic carbocycles. The first kappa shape index (κ1) is 23.0. The van der Waals surface area contributed by atoms with Gasteiger partial charge >= 0.3 is 0 Å². The number of fused-ring (bicyclic) bond motifs is 1. The van der Waals surface area contributed by atoms with Gasteiger partial charge in [0, 0.05) is 71.7 Å². The van der Waals surface area contributed by atoms with Crippen LogP contribution in [0.3, 0.4) is 0 Å². The van der Waals surface area contributed by atoms with E-state index in [-0.39, 0.29) is 5.91 Å². The topological polar surface area (TPSA) is 86.5 Å². The summed E-state index contributed by atoms with van der Waals surface area (Å²) < 4.78 is 7.04. The van der Waals surface area contributed by atoms with Gasteiger partial charge in [0.2, 0.25) is 5.91 Å². The van der Waals surface area contributed by atoms with E-state index in [1.807, 2.05) is 12.3 Å². The number of rotatable bonds is 9. The second-order valence-electron chi connectivity index (χ2n) is 7.75. The highest BCUT2D eigenvalue weighted by molar-refractivity contribution is 5.80. The van der Waals surface area contributed by atoms with Crippen molar-refractivity contribution >= 4 is 17.5 Å². The molecule has 2 N–H and O–H groups in total. The number of nitrogens with zero attached hydrogens (tertiary/aromatic N) is 5. The fraction of sp³-hybridized carbons (Fsp3) is 0.591. The maximum Gasteiger partial charge on any atom is 0.234 e. The van der Waals surface area contributed by atoms with Crippen LogP contribution in [0.4, 0.5) is 0 Å². The normalized spacial score (nSPS) is 15.5. The quantitative estimate of drug-likeness (QED) is 0.344. The van der Waals surface area contributed by atoms with Crippen molar-refractivity contribution in [3.8, 4) is 0 Å². The zero-order valence-corrected chi connectivity index (χ0v) is 18.9. The summed E-state index contributed by atoms with van der Waals surface area (Å²) in [6.45, 7) is 10.6. The number of hydrogen-bond donors (Lipinski definition) is 2. The molecule has 9 heteroatoms. The SMILES string of the molecule is CCNC(=NCCc1cn2cccc(C)c2n1)N1CCN(CC(=O)NCCOC)CC1. The number of aryl methyl sites for hydroxylation is 1. The number of aliphatic imine (C=N–C) groups is 1. The summed E-state index contributed by atoms with van der Waals surface area (Å²) in [5.74, 6) is 0.986. The van der Waals surface area contributed by atoms with Crippen LogP contribution in [0, 0.1) is 6.92 Å². The summed E-state index contributed by atoms with van der Waals surface area (Å²) in [6, 6.07) is 4.12. The molecule has 3 heterocycles. The molecule has 3 rings (SSSR count). The minimum Gasteiger partial charge on any atom is -0.383 e. The van der Waals surface area contributed by atoms with E-state index in [0.717, 1.165) is 56.4 Å². The van der Waals surface area contributed by atoms with E-state index < -0.39 is 0 Å². The van der Waals surface area contributed by atoms with Crippen LogP contribution in [-0.4, -0.2) is 97.1 Å². The van der Waals surface area contributed by atoms with Gasteiger partial charge in [0.25, 0.3) is 0 Å². The van der Waals surface area contributed by atoms with E-state index in [0.29, 0.717) is 26.2 Å². The van der Waals surface area contributed by atoms with E-state index in [1.54, 1.807) is 7.11 Å². The number of ether oxygens (including phenoxy) is 1. The van der Waals surface area contributed by atoms with E-state index in [4.69, 9.17) is 14.7 Å². The number of aromatic nitrogens is 2. The highest BCUT2D eigenvalue weighted by atomic mass is 16.5. The van der Waals surface area contributed by atoms with Crippen LogP contribution in [0.1, 0.15) is 18.2 Å². The molecule has 0 atom stereocenters. The van der Waals surface area contributed by atoms with Crippen molar-refractivity contribution in [1.82, 2.24) is 29.8 Å². The molecule has 2 aromatic rings. The number of hydrogen-bond acceptors (Lipinski definition) is 5. The van der Waals surface area contributed by atoms with Crippen LogP contribution < -0.4 is 10.6 Å². The van der Waals surface area contributed by atoms with Crippen LogP contribution >= 0.6 is 0 Å². The summed E-state index contributed by atoms with van der Waals surface area (Å²) >= 11 is 0. The highest BCUT2D eigenvalue weighted by Crippen LogP contribution is 2.10. The van der Waals surface area contributed by atoms with Crippen LogP contribution in [-0.2, 0) is 16.0 Å². The number of pyridine rings is 1. The first-order valence-electron chi connectivity index (χ1n) is 11.0. The van der Waals surface area contributed by atoms with Gasteiger partial charge in [0.1, 0.15) is 5.65 Å². The average Bonchev–Trinajstić information content (AvgIpc) is 3.18. The second-order valence-corrected chi connectivity index (χ2v) is 7.75. The monoisotopic (exact) mass is 429 g/mol. The number of imidazole rings is 1. The fourth-order valence-electron chi connectivity index (χ4n) is 3.70. The van der Waals surface area contributed by atoms with Gasteiger partial charge in [-0.1, -0.05) is 6.07 Å². The van der Waals surface area contributed by atoms with E-state index in [2.05, 4.69) is 50.9 Å². The van der Waals surface area contributed by atoms with Crippen LogP contribution in [0.5, 0.6) is 0 Å². The zero-order valence-electron chi connectivity index (χ0n) is 18.9. The van der Waals surface area contributed by atoms with Crippen molar-refractivity contribution < 1.29 is 9.53 Å². The summed E-state index contributed by atoms with van der Waals surface area (Å²) in [5.41, 5.74) is 3.24. The Bertz CT molecular complexity index is 872. The highest BCUT2D eigenvalue weighted by Gasteiger charge is 2.21. The van der Waals surface area contributed by atoms with E-state index >= 15 is 0 Å². The zero-order chi connectivity index (χ0) is 22.1. The van der Waals surface area contributed by atoms with Gasteiger partial charge in [-0.3, -0.25) is 14.7 Å². The molecule has 1 aliphatic rings. The summed E-state index contributed by atoms with van der Waals surface area (Å²) in [6.07, 6.45) is 4.92. The third kappa shape index (κ3) is 6.67. The molecule has 2 aromatic heterocycles. The lowest BCUT2D eigenvalue weighted by Crippen LogP contribution is -2.54. The maximum absolute atomic E-state index is 12.0. The van der Waals surface area contributed by atoms with Gasteiger partial charge in [-0.15, -0.1) is 0 Å². The Hall–Kier alpha value is -2.65. The number of carbonyl (C=O) groups is 1. The van der Waals surface area contributed by atoms with Crippen molar-refractivity contribution in [2.75, 3.05) is 66.1 Å². The molecule has 9 nitrogen and oxygen atoms in total. The van der Waals surface area contributed by atoms with Crippen molar-refractivity contribution in [3.05, 3.63) is 35.8 Å². The Kier molecular flexibility index (Phi) is 8.66. The molecule has 0 aromatic carbocycles. The summed E-state index contributed by atoms with van der Waals surface area (Å²) in [5, 5.41) is 6.28. The van der Waals surface area contributed by atoms with Crippen LogP contribution in [0.2, 0.25) is 0 Å². The third-order valence-electron chi connectivity index (χ3n) is 5.36. The van der Waals surface area contributed by atoms with Gasteiger partial charge in [0.05, 0.1) is 18.8 Å². The molecule has 1 fully saturated rings. The fourth-order valence-corrected chi connectivity index (χ4v) is 3.70. The lowest BCUT2D eigenvalue weighted by Gasteiger charge is -2.36.